The van der Waals surface area contributed by atoms with Crippen LogP contribution in [0.2, 0.25) is 0 Å². The number of rotatable bonds is 0. The SMILES string of the molecule is C1C2CC3CC1CC(C2)C3.CC12CCC(CC1)C2(C)C. The molecule has 0 aromatic rings. The second-order valence-electron chi connectivity index (χ2n) is 9.93. The molecule has 0 amide bonds. The molecule has 6 saturated carbocycles. The quantitative estimate of drug-likeness (QED) is 0.504. The van der Waals surface area contributed by atoms with Crippen LogP contribution in [0.3, 0.4) is 0 Å². The minimum atomic E-state index is 0.660. The van der Waals surface area contributed by atoms with Crippen LogP contribution < -0.4 is 0 Å². The highest BCUT2D eigenvalue weighted by Gasteiger charge is 2.55. The molecule has 0 aromatic heterocycles. The molecule has 6 fully saturated rings. The average molecular weight is 274 g/mol. The molecule has 0 saturated heterocycles. The zero-order valence-electron chi connectivity index (χ0n) is 14.0. The molecule has 0 aromatic carbocycles. The average Bonchev–Trinajstić information content (AvgIpc) is 2.72. The zero-order valence-corrected chi connectivity index (χ0v) is 14.0. The molecule has 0 spiro atoms. The van der Waals surface area contributed by atoms with Gasteiger partial charge in [0.2, 0.25) is 0 Å². The number of hydrogen-bond donors (Lipinski definition) is 0. The normalized spacial score (nSPS) is 53.9. The second-order valence-corrected chi connectivity index (χ2v) is 9.93. The molecule has 0 radical (unpaired) electrons. The van der Waals surface area contributed by atoms with E-state index in [1.54, 1.807) is 38.5 Å². The summed E-state index contributed by atoms with van der Waals surface area (Å²) in [4.78, 5) is 0. The lowest BCUT2D eigenvalue weighted by atomic mass is 9.56. The summed E-state index contributed by atoms with van der Waals surface area (Å²) < 4.78 is 0. The van der Waals surface area contributed by atoms with Crippen LogP contribution in [0.5, 0.6) is 0 Å². The maximum absolute atomic E-state index is 2.49. The minimum absolute atomic E-state index is 0.660. The number of hydrogen-bond acceptors (Lipinski definition) is 0. The van der Waals surface area contributed by atoms with Crippen LogP contribution in [0.4, 0.5) is 0 Å². The Morgan fingerprint density at radius 1 is 0.600 bits per heavy atom. The molecule has 6 aliphatic rings. The molecule has 6 rings (SSSR count). The Kier molecular flexibility index (Phi) is 3.07. The van der Waals surface area contributed by atoms with Crippen LogP contribution in [0.15, 0.2) is 0 Å². The van der Waals surface area contributed by atoms with Crippen molar-refractivity contribution in [2.24, 2.45) is 40.4 Å². The van der Waals surface area contributed by atoms with Crippen molar-refractivity contribution in [3.05, 3.63) is 0 Å². The first-order chi connectivity index (χ1) is 9.46. The van der Waals surface area contributed by atoms with Gasteiger partial charge in [0.25, 0.3) is 0 Å². The van der Waals surface area contributed by atoms with Crippen molar-refractivity contribution >= 4 is 0 Å². The fourth-order valence-electron chi connectivity index (χ4n) is 7.10. The van der Waals surface area contributed by atoms with Gasteiger partial charge in [-0.15, -0.1) is 0 Å². The van der Waals surface area contributed by atoms with Crippen LogP contribution in [0.1, 0.15) is 85.0 Å². The van der Waals surface area contributed by atoms with Gasteiger partial charge in [-0.3, -0.25) is 0 Å². The third-order valence-corrected chi connectivity index (χ3v) is 8.67. The lowest BCUT2D eigenvalue weighted by molar-refractivity contribution is 0.0198. The van der Waals surface area contributed by atoms with E-state index in [1.807, 2.05) is 0 Å². The van der Waals surface area contributed by atoms with Crippen molar-refractivity contribution in [3.8, 4) is 0 Å². The summed E-state index contributed by atoms with van der Waals surface area (Å²) in [5.74, 6) is 5.76. The molecule has 0 unspecified atom stereocenters. The van der Waals surface area contributed by atoms with E-state index in [2.05, 4.69) is 20.8 Å². The van der Waals surface area contributed by atoms with Gasteiger partial charge in [-0.1, -0.05) is 20.8 Å². The van der Waals surface area contributed by atoms with Gasteiger partial charge in [0.1, 0.15) is 0 Å². The first kappa shape index (κ1) is 13.6. The van der Waals surface area contributed by atoms with Crippen molar-refractivity contribution in [1.82, 2.24) is 0 Å². The van der Waals surface area contributed by atoms with Crippen molar-refractivity contribution in [2.75, 3.05) is 0 Å². The van der Waals surface area contributed by atoms with E-state index in [-0.39, 0.29) is 0 Å². The van der Waals surface area contributed by atoms with Crippen LogP contribution >= 0.6 is 0 Å². The van der Waals surface area contributed by atoms with Crippen molar-refractivity contribution in [1.29, 1.82) is 0 Å². The van der Waals surface area contributed by atoms with Crippen molar-refractivity contribution in [2.45, 2.75) is 85.0 Å². The number of fused-ring (bicyclic) bond motifs is 2. The largest absolute Gasteiger partial charge is 0.0591 e. The minimum Gasteiger partial charge on any atom is -0.0591 e. The smallest absolute Gasteiger partial charge is 0.0272 e. The van der Waals surface area contributed by atoms with Crippen LogP contribution in [-0.4, -0.2) is 0 Å². The summed E-state index contributed by atoms with van der Waals surface area (Å²) >= 11 is 0. The molecule has 0 heteroatoms. The van der Waals surface area contributed by atoms with Crippen LogP contribution in [0.25, 0.3) is 0 Å². The summed E-state index contributed by atoms with van der Waals surface area (Å²) in [7, 11) is 0. The maximum Gasteiger partial charge on any atom is -0.0272 e. The maximum atomic E-state index is 2.49. The molecule has 6 bridgehead atoms. The van der Waals surface area contributed by atoms with E-state index in [4.69, 9.17) is 0 Å². The fraction of sp³-hybridized carbons (Fsp3) is 1.00. The zero-order chi connectivity index (χ0) is 14.0. The Hall–Kier alpha value is 0. The monoisotopic (exact) mass is 274 g/mol. The third kappa shape index (κ3) is 2.00. The van der Waals surface area contributed by atoms with E-state index >= 15 is 0 Å². The van der Waals surface area contributed by atoms with Crippen LogP contribution in [0, 0.1) is 40.4 Å². The Morgan fingerprint density at radius 3 is 1.10 bits per heavy atom. The van der Waals surface area contributed by atoms with Gasteiger partial charge < -0.3 is 0 Å². The van der Waals surface area contributed by atoms with Gasteiger partial charge >= 0.3 is 0 Å². The third-order valence-electron chi connectivity index (χ3n) is 8.67. The Morgan fingerprint density at radius 2 is 0.950 bits per heavy atom. The van der Waals surface area contributed by atoms with Crippen molar-refractivity contribution in [3.63, 3.8) is 0 Å². The predicted octanol–water partition coefficient (Wildman–Crippen LogP) is 6.06. The lowest BCUT2D eigenvalue weighted by Gasteiger charge is -2.49. The Balaban J connectivity index is 0.000000106. The highest BCUT2D eigenvalue weighted by atomic mass is 14.6. The van der Waals surface area contributed by atoms with Crippen molar-refractivity contribution < 1.29 is 0 Å². The van der Waals surface area contributed by atoms with E-state index in [1.165, 1.54) is 49.4 Å². The first-order valence-corrected chi connectivity index (χ1v) is 9.46. The Labute approximate surface area is 126 Å². The highest BCUT2D eigenvalue weighted by Crippen LogP contribution is 2.65. The predicted molar refractivity (Wildman–Crippen MR) is 85.5 cm³/mol. The molecule has 6 aliphatic carbocycles. The van der Waals surface area contributed by atoms with E-state index in [9.17, 15) is 0 Å². The molecule has 0 heterocycles. The second kappa shape index (κ2) is 4.50. The summed E-state index contributed by atoms with van der Waals surface area (Å²) in [6, 6.07) is 0. The van der Waals surface area contributed by atoms with Gasteiger partial charge in [-0.05, 0) is 105 Å². The van der Waals surface area contributed by atoms with E-state index in [0.29, 0.717) is 10.8 Å². The highest BCUT2D eigenvalue weighted by molar-refractivity contribution is 5.05. The lowest BCUT2D eigenvalue weighted by Crippen LogP contribution is -2.38. The summed E-state index contributed by atoms with van der Waals surface area (Å²) in [6.07, 6.45) is 15.6. The van der Waals surface area contributed by atoms with Crippen LogP contribution in [-0.2, 0) is 0 Å². The molecule has 20 heavy (non-hydrogen) atoms. The van der Waals surface area contributed by atoms with E-state index in [0.717, 1.165) is 5.92 Å². The standard InChI is InChI=1S/C10H16.C10H18/c1-7-2-9-4-8(1)5-10(3-7)6-9;1-9(2)8-4-6-10(9,3)7-5-8/h7-10H,1-6H2;8H,4-7H2,1-3H3. The molecule has 114 valence electrons. The first-order valence-electron chi connectivity index (χ1n) is 9.46. The summed E-state index contributed by atoms with van der Waals surface area (Å²) in [5.41, 5.74) is 1.37. The van der Waals surface area contributed by atoms with Gasteiger partial charge in [0.15, 0.2) is 0 Å². The fourth-order valence-corrected chi connectivity index (χ4v) is 7.10. The Bertz CT molecular complexity index is 310. The molecular formula is C20H34. The van der Waals surface area contributed by atoms with Gasteiger partial charge in [-0.2, -0.15) is 0 Å². The van der Waals surface area contributed by atoms with Gasteiger partial charge in [0.05, 0.1) is 0 Å². The van der Waals surface area contributed by atoms with Gasteiger partial charge in [0, 0.05) is 0 Å². The molecular weight excluding hydrogens is 240 g/mol. The molecule has 0 N–H and O–H groups in total. The molecule has 0 nitrogen and oxygen atoms in total. The summed E-state index contributed by atoms with van der Waals surface area (Å²) in [5, 5.41) is 0. The van der Waals surface area contributed by atoms with E-state index < -0.39 is 0 Å². The van der Waals surface area contributed by atoms with Gasteiger partial charge in [-0.25, -0.2) is 0 Å². The topological polar surface area (TPSA) is 0 Å². The summed E-state index contributed by atoms with van der Waals surface area (Å²) in [6.45, 7) is 7.43. The molecule has 0 atom stereocenters. The molecule has 0 aliphatic heterocycles.